The van der Waals surface area contributed by atoms with Crippen LogP contribution in [0.15, 0.2) is 70.9 Å². The molecular weight excluding hydrogens is 461 g/mol. The van der Waals surface area contributed by atoms with Gasteiger partial charge in [0.2, 0.25) is 15.9 Å². The first-order valence-electron chi connectivity index (χ1n) is 9.21. The van der Waals surface area contributed by atoms with Crippen molar-refractivity contribution in [1.82, 2.24) is 4.72 Å². The van der Waals surface area contributed by atoms with E-state index in [4.69, 9.17) is 0 Å². The van der Waals surface area contributed by atoms with Crippen molar-refractivity contribution in [2.24, 2.45) is 0 Å². The zero-order valence-corrected chi connectivity index (χ0v) is 18.2. The predicted octanol–water partition coefficient (Wildman–Crippen LogP) is 4.47. The van der Waals surface area contributed by atoms with Crippen molar-refractivity contribution in [3.8, 4) is 11.8 Å². The Kier molecular flexibility index (Phi) is 7.03. The molecule has 0 aliphatic carbocycles. The lowest BCUT2D eigenvalue weighted by Gasteiger charge is -2.17. The molecule has 0 aliphatic rings. The second-order valence-electron chi connectivity index (χ2n) is 6.63. The number of amides is 1. The zero-order chi connectivity index (χ0) is 23.4. The first-order valence-corrected chi connectivity index (χ1v) is 11.6. The van der Waals surface area contributed by atoms with E-state index in [9.17, 15) is 26.4 Å². The van der Waals surface area contributed by atoms with Gasteiger partial charge in [0.1, 0.15) is 0 Å². The van der Waals surface area contributed by atoms with Crippen LogP contribution < -0.4 is 10.0 Å². The average Bonchev–Trinajstić information content (AvgIpc) is 3.25. The minimum atomic E-state index is -4.86. The van der Waals surface area contributed by atoms with Crippen molar-refractivity contribution in [3.05, 3.63) is 82.0 Å². The standard InChI is InChI=1S/C22H17F3N2O3S2/c1-15(27-32(29,30)20-10-3-2-9-19(20)22(23,24)25)21(28)26-17-7-4-6-16(14-17)11-12-18-8-5-13-31-18/h2-10,13-15,27H,1H3,(H,26,28). The molecule has 0 fully saturated rings. The Bertz CT molecular complexity index is 1280. The van der Waals surface area contributed by atoms with E-state index in [1.54, 1.807) is 24.3 Å². The van der Waals surface area contributed by atoms with Crippen molar-refractivity contribution in [2.75, 3.05) is 5.32 Å². The number of hydrogen-bond acceptors (Lipinski definition) is 4. The molecule has 0 bridgehead atoms. The maximum atomic E-state index is 13.2. The van der Waals surface area contributed by atoms with E-state index >= 15 is 0 Å². The number of carbonyl (C=O) groups excluding carboxylic acids is 1. The lowest BCUT2D eigenvalue weighted by molar-refractivity contribution is -0.139. The fraction of sp³-hybridized carbons (Fsp3) is 0.136. The van der Waals surface area contributed by atoms with Crippen LogP contribution in [0.4, 0.5) is 18.9 Å². The van der Waals surface area contributed by atoms with Gasteiger partial charge in [-0.2, -0.15) is 17.9 Å². The largest absolute Gasteiger partial charge is 0.417 e. The van der Waals surface area contributed by atoms with Gasteiger partial charge in [0, 0.05) is 11.3 Å². The van der Waals surface area contributed by atoms with Crippen LogP contribution in [0.5, 0.6) is 0 Å². The molecule has 3 aromatic rings. The maximum Gasteiger partial charge on any atom is 0.417 e. The number of nitrogens with one attached hydrogen (secondary N) is 2. The van der Waals surface area contributed by atoms with E-state index in [1.165, 1.54) is 24.3 Å². The summed E-state index contributed by atoms with van der Waals surface area (Å²) < 4.78 is 66.5. The Morgan fingerprint density at radius 2 is 1.78 bits per heavy atom. The molecule has 1 heterocycles. The molecule has 1 amide bonds. The van der Waals surface area contributed by atoms with Crippen molar-refractivity contribution in [2.45, 2.75) is 24.0 Å². The van der Waals surface area contributed by atoms with Gasteiger partial charge in [0.25, 0.3) is 0 Å². The number of benzene rings is 2. The van der Waals surface area contributed by atoms with E-state index in [-0.39, 0.29) is 0 Å². The number of rotatable bonds is 5. The quantitative estimate of drug-likeness (QED) is 0.532. The smallest absolute Gasteiger partial charge is 0.325 e. The molecule has 2 aromatic carbocycles. The molecule has 5 nitrogen and oxygen atoms in total. The maximum absolute atomic E-state index is 13.2. The average molecular weight is 479 g/mol. The van der Waals surface area contributed by atoms with Crippen LogP contribution in [0.2, 0.25) is 0 Å². The molecule has 0 spiro atoms. The Morgan fingerprint density at radius 3 is 2.47 bits per heavy atom. The van der Waals surface area contributed by atoms with Gasteiger partial charge >= 0.3 is 6.18 Å². The fourth-order valence-corrected chi connectivity index (χ4v) is 4.69. The Labute approximate surface area is 187 Å². The van der Waals surface area contributed by atoms with Gasteiger partial charge in [0.05, 0.1) is 21.4 Å². The molecule has 1 unspecified atom stereocenters. The van der Waals surface area contributed by atoms with Gasteiger partial charge in [-0.3, -0.25) is 4.79 Å². The van der Waals surface area contributed by atoms with Gasteiger partial charge in [-0.25, -0.2) is 8.42 Å². The predicted molar refractivity (Wildman–Crippen MR) is 117 cm³/mol. The van der Waals surface area contributed by atoms with E-state index < -0.39 is 38.6 Å². The SMILES string of the molecule is CC(NS(=O)(=O)c1ccccc1C(F)(F)F)C(=O)Nc1cccc(C#Cc2cccs2)c1. The number of hydrogen-bond donors (Lipinski definition) is 2. The molecule has 1 aromatic heterocycles. The molecule has 0 radical (unpaired) electrons. The molecule has 10 heteroatoms. The number of halogens is 3. The first kappa shape index (κ1) is 23.5. The van der Waals surface area contributed by atoms with Gasteiger partial charge in [-0.05, 0) is 48.7 Å². The van der Waals surface area contributed by atoms with Crippen LogP contribution in [-0.2, 0) is 21.0 Å². The second-order valence-corrected chi connectivity index (χ2v) is 9.26. The van der Waals surface area contributed by atoms with Gasteiger partial charge in [-0.15, -0.1) is 11.3 Å². The highest BCUT2D eigenvalue weighted by atomic mass is 32.2. The molecule has 2 N–H and O–H groups in total. The minimum absolute atomic E-state index is 0.370. The van der Waals surface area contributed by atoms with E-state index in [0.717, 1.165) is 17.0 Å². The third-order valence-corrected chi connectivity index (χ3v) is 6.57. The molecular formula is C22H17F3N2O3S2. The van der Waals surface area contributed by atoms with Crippen LogP contribution in [-0.4, -0.2) is 20.4 Å². The summed E-state index contributed by atoms with van der Waals surface area (Å²) in [5, 5.41) is 4.44. The zero-order valence-electron chi connectivity index (χ0n) is 16.6. The van der Waals surface area contributed by atoms with Gasteiger partial charge in [0.15, 0.2) is 0 Å². The highest BCUT2D eigenvalue weighted by Crippen LogP contribution is 2.33. The van der Waals surface area contributed by atoms with Crippen LogP contribution in [0, 0.1) is 11.8 Å². The number of carbonyl (C=O) groups is 1. The third kappa shape index (κ3) is 5.97. The summed E-state index contributed by atoms with van der Waals surface area (Å²) in [5.41, 5.74) is -0.310. The molecule has 3 rings (SSSR count). The molecule has 1 atom stereocenters. The summed E-state index contributed by atoms with van der Waals surface area (Å²) in [7, 11) is -4.60. The first-order chi connectivity index (χ1) is 15.1. The molecule has 166 valence electrons. The second kappa shape index (κ2) is 9.56. The van der Waals surface area contributed by atoms with Crippen molar-refractivity contribution in [3.63, 3.8) is 0 Å². The van der Waals surface area contributed by atoms with E-state index in [0.29, 0.717) is 17.3 Å². The van der Waals surface area contributed by atoms with Crippen molar-refractivity contribution in [1.29, 1.82) is 0 Å². The van der Waals surface area contributed by atoms with Crippen molar-refractivity contribution >= 4 is 33.0 Å². The summed E-state index contributed by atoms with van der Waals surface area (Å²) in [4.78, 5) is 12.4. The Balaban J connectivity index is 1.72. The van der Waals surface area contributed by atoms with Crippen LogP contribution in [0.3, 0.4) is 0 Å². The lowest BCUT2D eigenvalue weighted by Crippen LogP contribution is -2.42. The number of sulfonamides is 1. The summed E-state index contributed by atoms with van der Waals surface area (Å²) >= 11 is 1.49. The Morgan fingerprint density at radius 1 is 1.03 bits per heavy atom. The summed E-state index contributed by atoms with van der Waals surface area (Å²) in [6.07, 6.45) is -4.86. The molecule has 0 saturated heterocycles. The minimum Gasteiger partial charge on any atom is -0.325 e. The van der Waals surface area contributed by atoms with Gasteiger partial charge < -0.3 is 5.32 Å². The highest BCUT2D eigenvalue weighted by Gasteiger charge is 2.37. The number of alkyl halides is 3. The number of anilines is 1. The lowest BCUT2D eigenvalue weighted by atomic mass is 10.2. The van der Waals surface area contributed by atoms with Crippen molar-refractivity contribution < 1.29 is 26.4 Å². The topological polar surface area (TPSA) is 75.3 Å². The van der Waals surface area contributed by atoms with E-state index in [1.807, 2.05) is 22.2 Å². The summed E-state index contributed by atoms with van der Waals surface area (Å²) in [6.45, 7) is 1.24. The van der Waals surface area contributed by atoms with Crippen LogP contribution in [0.25, 0.3) is 0 Å². The van der Waals surface area contributed by atoms with E-state index in [2.05, 4.69) is 17.2 Å². The third-order valence-electron chi connectivity index (χ3n) is 4.19. The molecule has 32 heavy (non-hydrogen) atoms. The normalized spacial score (nSPS) is 12.5. The summed E-state index contributed by atoms with van der Waals surface area (Å²) in [5.74, 6) is 5.21. The molecule has 0 aliphatic heterocycles. The van der Waals surface area contributed by atoms with Gasteiger partial charge in [-0.1, -0.05) is 36.1 Å². The fourth-order valence-electron chi connectivity index (χ4n) is 2.69. The number of thiophene rings is 1. The highest BCUT2D eigenvalue weighted by molar-refractivity contribution is 7.89. The Hall–Kier alpha value is -3.13. The summed E-state index contributed by atoms with van der Waals surface area (Å²) in [6, 6.07) is 12.8. The molecule has 0 saturated carbocycles. The monoisotopic (exact) mass is 478 g/mol. The van der Waals surface area contributed by atoms with Crippen LogP contribution in [0.1, 0.15) is 22.9 Å². The van der Waals surface area contributed by atoms with Crippen LogP contribution >= 0.6 is 11.3 Å².